The van der Waals surface area contributed by atoms with Gasteiger partial charge in [-0.25, -0.2) is 0 Å². The van der Waals surface area contributed by atoms with Gasteiger partial charge in [0.25, 0.3) is 0 Å². The Balaban J connectivity index is 0.000000171. The van der Waals surface area contributed by atoms with Gasteiger partial charge in [0, 0.05) is 8.95 Å². The summed E-state index contributed by atoms with van der Waals surface area (Å²) in [4.78, 5) is 0. The molecule has 0 saturated carbocycles. The third-order valence-corrected chi connectivity index (χ3v) is 18.6. The fourth-order valence-corrected chi connectivity index (χ4v) is 13.2. The molecule has 0 amide bonds. The molecular formula is C102H80B4Br2F2N2O4S2. The van der Waals surface area contributed by atoms with Crippen LogP contribution in [-0.4, -0.2) is 63.9 Å². The molecule has 20 aromatic rings. The first kappa shape index (κ1) is 55.0. The number of halogens is 4. The van der Waals surface area contributed by atoms with E-state index >= 15 is 0 Å². The maximum atomic E-state index is 9.96. The molecule has 118 heavy (non-hydrogen) atoms. The first-order chi connectivity index (χ1) is 70.4. The van der Waals surface area contributed by atoms with E-state index in [4.69, 9.17) is 59.8 Å². The topological polar surface area (TPSA) is 106 Å². The van der Waals surface area contributed by atoms with Crippen molar-refractivity contribution in [3.63, 3.8) is 0 Å². The fraction of sp³-hybridized carbons (Fsp3) is 0.0196. The van der Waals surface area contributed by atoms with Crippen molar-refractivity contribution in [1.29, 1.82) is 0 Å². The van der Waals surface area contributed by atoms with Gasteiger partial charge in [-0.05, 0) is 246 Å². The van der Waals surface area contributed by atoms with Crippen molar-refractivity contribution >= 4 is 206 Å². The second-order valence-corrected chi connectivity index (χ2v) is 26.6. The summed E-state index contributed by atoms with van der Waals surface area (Å²) >= 11 is 12.9. The molecular weight excluding hydrogens is 1620 g/mol. The zero-order valence-corrected chi connectivity index (χ0v) is 66.9. The van der Waals surface area contributed by atoms with Gasteiger partial charge in [0.2, 0.25) is 0 Å². The molecule has 0 heterocycles. The fourth-order valence-electron chi connectivity index (χ4n) is 12.2. The summed E-state index contributed by atoms with van der Waals surface area (Å²) in [5, 5.41) is 44.1. The normalized spacial score (nSPS) is 13.8. The molecule has 16 heteroatoms. The van der Waals surface area contributed by atoms with Gasteiger partial charge in [0.05, 0.1) is 55.4 Å². The Kier molecular flexibility index (Phi) is 20.8. The molecule has 0 unspecified atom stereocenters. The summed E-state index contributed by atoms with van der Waals surface area (Å²) in [5.41, 5.74) is 5.21. The van der Waals surface area contributed by atoms with Crippen LogP contribution in [0.4, 0.5) is 8.78 Å². The van der Waals surface area contributed by atoms with Crippen LogP contribution in [-0.2, 0) is 0 Å². The molecule has 0 saturated heterocycles. The number of rotatable bonds is 6. The Morgan fingerprint density at radius 3 is 1.12 bits per heavy atom. The van der Waals surface area contributed by atoms with Crippen LogP contribution in [0, 0.1) is 0 Å². The average molecular weight is 1730 g/mol. The van der Waals surface area contributed by atoms with Crippen LogP contribution >= 0.6 is 57.5 Å². The maximum absolute atomic E-state index is 9.96. The van der Waals surface area contributed by atoms with E-state index in [1.165, 1.54) is 30.3 Å². The Morgan fingerprint density at radius 2 is 0.636 bits per heavy atom. The average Bonchev–Trinajstić information content (AvgIpc) is 0.757. The van der Waals surface area contributed by atoms with Gasteiger partial charge in [-0.3, -0.25) is 8.78 Å². The summed E-state index contributed by atoms with van der Waals surface area (Å²) in [7, 11) is 3.93. The summed E-state index contributed by atoms with van der Waals surface area (Å²) in [6, 6.07) is 66.7. The van der Waals surface area contributed by atoms with Crippen molar-refractivity contribution in [2.24, 2.45) is 8.60 Å². The first-order valence-corrected chi connectivity index (χ1v) is 37.6. The van der Waals surface area contributed by atoms with E-state index in [0.29, 0.717) is 119 Å². The van der Waals surface area contributed by atoms with Crippen LogP contribution in [0.5, 0.6) is 0 Å². The van der Waals surface area contributed by atoms with Crippen molar-refractivity contribution in [3.05, 3.63) is 421 Å². The number of alkyl halides is 2. The summed E-state index contributed by atoms with van der Waals surface area (Å²) in [6.45, 7) is 0. The van der Waals surface area contributed by atoms with E-state index < -0.39 is 28.5 Å². The predicted molar refractivity (Wildman–Crippen MR) is 519 cm³/mol. The van der Waals surface area contributed by atoms with Crippen LogP contribution < -0.4 is 10.9 Å². The van der Waals surface area contributed by atoms with Crippen LogP contribution in [0.1, 0.15) is 41.1 Å². The molecule has 20 rings (SSSR count). The first-order valence-electron chi connectivity index (χ1n) is 50.6. The summed E-state index contributed by atoms with van der Waals surface area (Å²) < 4.78 is 269. The number of nitrogens with zero attached hydrogens (tertiary/aromatic N) is 2. The molecule has 0 aliphatic rings. The molecule has 2 radical (unpaired) electrons. The number of benzene rings is 20. The third-order valence-electron chi connectivity index (χ3n) is 17.4. The number of hydrogen-bond donors (Lipinski definition) is 6. The van der Waals surface area contributed by atoms with Crippen molar-refractivity contribution in [3.8, 4) is 44.5 Å². The minimum atomic E-state index is -1.40. The third kappa shape index (κ3) is 22.5. The molecule has 0 aromatic heterocycles. The van der Waals surface area contributed by atoms with E-state index in [1.54, 1.807) is 97.1 Å². The molecule has 0 aliphatic carbocycles. The van der Waals surface area contributed by atoms with E-state index in [9.17, 15) is 10.2 Å². The van der Waals surface area contributed by atoms with Gasteiger partial charge < -0.3 is 20.1 Å². The Bertz CT molecular complexity index is 8360. The van der Waals surface area contributed by atoms with Gasteiger partial charge in [-0.1, -0.05) is 361 Å². The van der Waals surface area contributed by atoms with Gasteiger partial charge in [0.1, 0.15) is 0 Å². The number of thiol groups is 2. The standard InChI is InChI=1S/C30H20.C20H13Br.C20H14.C14H9Br.C10H9BO2.C6H7BO2.2CH3F.2BHNS/c1-2-9-21(10-3-1)23-17-18-25-19-24-12-5-7-15-27(24)30(29(25)20-23)28-16-8-13-22-11-4-6-14-26(22)28;21-20-18-9-5-4-8-16(18)12-17-11-10-15(13-19(17)20)14-6-2-1-3-7-14;1-2-6-15(7-3-1)18-10-11-19-12-16-8-4-5-9-17(16)13-20(19)14-18;15-14-6-5-12-7-10-3-1-2-4-11(10)8-13(12)9-14;12-11(13)10-7-3-5-8-4-1-2-6-9(8)10;8-7(9)6-4-2-1-3-5-6;2*1-2;2*1-2-3/h1-20H;1-13H;1-14H;1-9H;1-7,12-13H;1-5,8-9H;2*1H3;2*3H/i5D,7D,12D,15D,17D,18D,20D;4D,5D,8D,9D,10D,11D,13D;4D,5D,8D,9D,10D,11D,14D;1D,2D,3D,4D,5D,6D,9D;;;2*1D;;. The van der Waals surface area contributed by atoms with Gasteiger partial charge in [0.15, 0.2) is 0 Å². The second-order valence-electron chi connectivity index (χ2n) is 24.5. The van der Waals surface area contributed by atoms with E-state index in [0.717, 1.165) is 21.5 Å². The SMILES string of the molecule is OB(O)c1cccc2ccccc12.OB(O)c1ccccc1.[2H]CF.[2H]CF.[2H]c1c([2H])c([2H])c2c(-c3cccc4ccccc34)c3c([2H])c(-c4ccccc4)c([2H])c([2H])c3cc2c1[2H].[2H]c1c([2H])c([2H])c2c(Br)c3c([2H])c(-c4ccccc4)c([2H])c([2H])c3cc2c1[2H].[2H]c1c([2H])c([2H])c2cc3c([2H])c(-c4ccccc4)c([2H])c([2H])c3cc2c1[2H].[2H]c1c([2H])c([2H])c2cc3c([2H])c(Br)c([2H])c([2H])c3cc2c1[2H].[B]=NS.[B]=NS. The molecule has 0 fully saturated rings. The zero-order valence-electron chi connectivity index (χ0n) is 91.9. The molecule has 0 bridgehead atoms. The second kappa shape index (κ2) is 44.5. The van der Waals surface area contributed by atoms with Crippen molar-refractivity contribution in [2.75, 3.05) is 14.3 Å². The molecule has 0 atom stereocenters. The zero-order chi connectivity index (χ0) is 109. The van der Waals surface area contributed by atoms with Gasteiger partial charge in [-0.2, -0.15) is 0 Å². The summed E-state index contributed by atoms with van der Waals surface area (Å²) in [6.07, 6.45) is 0. The number of hydrogen-bond acceptors (Lipinski definition) is 8. The van der Waals surface area contributed by atoms with E-state index in [-0.39, 0.29) is 201 Å². The van der Waals surface area contributed by atoms with Crippen LogP contribution in [0.25, 0.3) is 152 Å². The van der Waals surface area contributed by atoms with Gasteiger partial charge >= 0.3 is 63.7 Å². The van der Waals surface area contributed by atoms with Crippen molar-refractivity contribution in [2.45, 2.75) is 0 Å². The van der Waals surface area contributed by atoms with Crippen LogP contribution in [0.15, 0.2) is 429 Å². The molecule has 20 aromatic carbocycles. The monoisotopic (exact) mass is 1730 g/mol. The summed E-state index contributed by atoms with van der Waals surface area (Å²) in [5.74, 6) is 0. The van der Waals surface area contributed by atoms with Crippen LogP contribution in [0.3, 0.4) is 0 Å². The van der Waals surface area contributed by atoms with Crippen LogP contribution in [0.2, 0.25) is 0 Å². The predicted octanol–water partition coefficient (Wildman–Crippen LogP) is 26.7. The number of fused-ring (bicyclic) bond motifs is 10. The minimum absolute atomic E-state index is 0.0327. The van der Waals surface area contributed by atoms with E-state index in [1.807, 2.05) is 115 Å². The van der Waals surface area contributed by atoms with Crippen molar-refractivity contribution < 1.29 is 70.0 Å². The Labute approximate surface area is 759 Å². The van der Waals surface area contributed by atoms with Crippen molar-refractivity contribution in [1.82, 2.24) is 0 Å². The molecule has 0 aliphatic heterocycles. The Hall–Kier alpha value is -11.8. The molecule has 0 spiro atoms. The van der Waals surface area contributed by atoms with Gasteiger partial charge in [-0.15, -0.1) is 0 Å². The Morgan fingerprint density at radius 1 is 0.305 bits per heavy atom. The molecule has 4 N–H and O–H groups in total. The van der Waals surface area contributed by atoms with E-state index in [2.05, 4.69) is 81.4 Å². The molecule has 574 valence electrons. The molecule has 6 nitrogen and oxygen atoms in total. The quantitative estimate of drug-likeness (QED) is 0.0567.